The summed E-state index contributed by atoms with van der Waals surface area (Å²) >= 11 is 1.82. The van der Waals surface area contributed by atoms with Gasteiger partial charge in [-0.15, -0.1) is 0 Å². The van der Waals surface area contributed by atoms with E-state index in [1.165, 1.54) is 33.8 Å². The number of ether oxygens (including phenoxy) is 1. The fourth-order valence-corrected chi connectivity index (χ4v) is 3.61. The van der Waals surface area contributed by atoms with Gasteiger partial charge in [0.1, 0.15) is 5.75 Å². The zero-order valence-electron chi connectivity index (χ0n) is 13.5. The van der Waals surface area contributed by atoms with Crippen LogP contribution in [0, 0.1) is 0 Å². The van der Waals surface area contributed by atoms with Crippen molar-refractivity contribution in [2.75, 3.05) is 6.61 Å². The third-order valence-corrected chi connectivity index (χ3v) is 4.93. The van der Waals surface area contributed by atoms with Crippen LogP contribution in [0.2, 0.25) is 0 Å². The highest BCUT2D eigenvalue weighted by atomic mass is 32.2. The minimum atomic E-state index is 0.706. The largest absolute Gasteiger partial charge is 0.494 e. The van der Waals surface area contributed by atoms with Gasteiger partial charge >= 0.3 is 0 Å². The molecule has 1 nitrogen and oxygen atoms in total. The fraction of sp³-hybridized carbons (Fsp3) is 0.238. The topological polar surface area (TPSA) is 9.23 Å². The van der Waals surface area contributed by atoms with Gasteiger partial charge in [0.25, 0.3) is 0 Å². The molecule has 1 aliphatic rings. The van der Waals surface area contributed by atoms with E-state index in [-0.39, 0.29) is 0 Å². The molecule has 0 aliphatic heterocycles. The first-order valence-corrected chi connectivity index (χ1v) is 9.01. The molecule has 3 rings (SSSR count). The van der Waals surface area contributed by atoms with E-state index in [0.717, 1.165) is 12.2 Å². The van der Waals surface area contributed by atoms with Crippen LogP contribution in [-0.2, 0) is 6.42 Å². The van der Waals surface area contributed by atoms with Crippen LogP contribution in [0.1, 0.15) is 25.3 Å². The van der Waals surface area contributed by atoms with Crippen LogP contribution in [0.5, 0.6) is 5.75 Å². The van der Waals surface area contributed by atoms with Crippen molar-refractivity contribution in [3.8, 4) is 5.75 Å². The first-order valence-electron chi connectivity index (χ1n) is 8.19. The molecule has 0 spiro atoms. The molecule has 0 unspecified atom stereocenters. The maximum absolute atomic E-state index is 5.51. The Bertz CT molecular complexity index is 698. The van der Waals surface area contributed by atoms with Gasteiger partial charge in [-0.2, -0.15) is 0 Å². The van der Waals surface area contributed by atoms with Gasteiger partial charge in [-0.05, 0) is 67.7 Å². The monoisotopic (exact) mass is 322 g/mol. The summed E-state index contributed by atoms with van der Waals surface area (Å²) in [5.74, 6) is 0.933. The number of hydrogen-bond acceptors (Lipinski definition) is 2. The maximum atomic E-state index is 5.51. The third-order valence-electron chi connectivity index (χ3n) is 3.80. The minimum Gasteiger partial charge on any atom is -0.494 e. The normalized spacial score (nSPS) is 13.7. The van der Waals surface area contributed by atoms with E-state index in [9.17, 15) is 0 Å². The second kappa shape index (κ2) is 8.07. The maximum Gasteiger partial charge on any atom is 0.119 e. The first-order chi connectivity index (χ1) is 11.3. The Morgan fingerprint density at radius 1 is 1.00 bits per heavy atom. The summed E-state index contributed by atoms with van der Waals surface area (Å²) in [6, 6.07) is 17.0. The average molecular weight is 322 g/mol. The first kappa shape index (κ1) is 15.9. The summed E-state index contributed by atoms with van der Waals surface area (Å²) < 4.78 is 5.51. The van der Waals surface area contributed by atoms with Gasteiger partial charge in [-0.1, -0.05) is 48.2 Å². The van der Waals surface area contributed by atoms with Gasteiger partial charge in [0, 0.05) is 9.79 Å². The molecule has 0 saturated carbocycles. The average Bonchev–Trinajstić information content (AvgIpc) is 2.60. The summed E-state index contributed by atoms with van der Waals surface area (Å²) in [6.07, 6.45) is 10.3. The molecule has 2 aromatic carbocycles. The Kier molecular flexibility index (Phi) is 5.60. The standard InChI is InChI=1S/C21H22OS/c1-2-22-19-12-14-20(15-13-19)23-21-11-7-6-10-18(21)16-17-8-4-3-5-9-17/h4,6-15H,2-3,5,16H2,1H3. The summed E-state index contributed by atoms with van der Waals surface area (Å²) in [4.78, 5) is 2.57. The van der Waals surface area contributed by atoms with E-state index in [2.05, 4.69) is 54.6 Å². The molecule has 0 atom stereocenters. The predicted molar refractivity (Wildman–Crippen MR) is 98.3 cm³/mol. The molecule has 0 bridgehead atoms. The lowest BCUT2D eigenvalue weighted by Crippen LogP contribution is -1.94. The summed E-state index contributed by atoms with van der Waals surface area (Å²) in [7, 11) is 0. The molecular formula is C21H22OS. The zero-order valence-corrected chi connectivity index (χ0v) is 14.3. The summed E-state index contributed by atoms with van der Waals surface area (Å²) in [6.45, 7) is 2.71. The molecule has 0 heterocycles. The Labute approximate surface area is 143 Å². The molecule has 0 N–H and O–H groups in total. The molecule has 0 saturated heterocycles. The van der Waals surface area contributed by atoms with Gasteiger partial charge in [0.2, 0.25) is 0 Å². The highest BCUT2D eigenvalue weighted by molar-refractivity contribution is 7.99. The molecule has 23 heavy (non-hydrogen) atoms. The summed E-state index contributed by atoms with van der Waals surface area (Å²) in [5.41, 5.74) is 2.82. The molecule has 0 radical (unpaired) electrons. The second-order valence-corrected chi connectivity index (χ2v) is 6.67. The lowest BCUT2D eigenvalue weighted by atomic mass is 10.00. The molecule has 0 aromatic heterocycles. The number of benzene rings is 2. The molecule has 1 aliphatic carbocycles. The number of allylic oxidation sites excluding steroid dienone is 4. The molecule has 2 heteroatoms. The Hall–Kier alpha value is -1.93. The highest BCUT2D eigenvalue weighted by Gasteiger charge is 2.07. The van der Waals surface area contributed by atoms with Crippen LogP contribution in [0.3, 0.4) is 0 Å². The Morgan fingerprint density at radius 2 is 1.83 bits per heavy atom. The second-order valence-electron chi connectivity index (χ2n) is 5.55. The van der Waals surface area contributed by atoms with Crippen molar-refractivity contribution in [1.29, 1.82) is 0 Å². The van der Waals surface area contributed by atoms with Crippen LogP contribution in [-0.4, -0.2) is 6.61 Å². The minimum absolute atomic E-state index is 0.706. The van der Waals surface area contributed by atoms with E-state index in [0.29, 0.717) is 6.61 Å². The van der Waals surface area contributed by atoms with Crippen LogP contribution in [0.15, 0.2) is 82.1 Å². The number of hydrogen-bond donors (Lipinski definition) is 0. The van der Waals surface area contributed by atoms with Crippen molar-refractivity contribution in [2.45, 2.75) is 36.0 Å². The van der Waals surface area contributed by atoms with E-state index in [4.69, 9.17) is 4.74 Å². The molecule has 0 fully saturated rings. The van der Waals surface area contributed by atoms with Gasteiger partial charge < -0.3 is 4.74 Å². The van der Waals surface area contributed by atoms with Crippen molar-refractivity contribution in [3.05, 3.63) is 77.9 Å². The Morgan fingerprint density at radius 3 is 2.57 bits per heavy atom. The van der Waals surface area contributed by atoms with E-state index in [1.807, 2.05) is 30.8 Å². The van der Waals surface area contributed by atoms with Crippen molar-refractivity contribution >= 4 is 11.8 Å². The van der Waals surface area contributed by atoms with Crippen molar-refractivity contribution in [3.63, 3.8) is 0 Å². The van der Waals surface area contributed by atoms with Gasteiger partial charge in [-0.25, -0.2) is 0 Å². The van der Waals surface area contributed by atoms with Crippen molar-refractivity contribution < 1.29 is 4.74 Å². The predicted octanol–water partition coefficient (Wildman–Crippen LogP) is 6.06. The van der Waals surface area contributed by atoms with E-state index in [1.54, 1.807) is 0 Å². The van der Waals surface area contributed by atoms with E-state index < -0.39 is 0 Å². The van der Waals surface area contributed by atoms with Gasteiger partial charge in [-0.3, -0.25) is 0 Å². The summed E-state index contributed by atoms with van der Waals surface area (Å²) in [5, 5.41) is 0. The zero-order chi connectivity index (χ0) is 15.9. The molecule has 118 valence electrons. The van der Waals surface area contributed by atoms with Gasteiger partial charge in [0.05, 0.1) is 6.61 Å². The lowest BCUT2D eigenvalue weighted by Gasteiger charge is -2.12. The number of rotatable bonds is 6. The van der Waals surface area contributed by atoms with Crippen LogP contribution in [0.25, 0.3) is 0 Å². The smallest absolute Gasteiger partial charge is 0.119 e. The van der Waals surface area contributed by atoms with Crippen molar-refractivity contribution in [1.82, 2.24) is 0 Å². The van der Waals surface area contributed by atoms with Crippen molar-refractivity contribution in [2.24, 2.45) is 0 Å². The molecular weight excluding hydrogens is 300 g/mol. The quantitative estimate of drug-likeness (QED) is 0.639. The molecule has 0 amide bonds. The Balaban J connectivity index is 1.74. The van der Waals surface area contributed by atoms with Crippen LogP contribution in [0.4, 0.5) is 0 Å². The van der Waals surface area contributed by atoms with E-state index >= 15 is 0 Å². The lowest BCUT2D eigenvalue weighted by molar-refractivity contribution is 0.340. The SMILES string of the molecule is CCOc1ccc(Sc2ccccc2CC2=CCCC=C2)cc1. The molecule has 2 aromatic rings. The third kappa shape index (κ3) is 4.52. The van der Waals surface area contributed by atoms with Gasteiger partial charge in [0.15, 0.2) is 0 Å². The highest BCUT2D eigenvalue weighted by Crippen LogP contribution is 2.33. The van der Waals surface area contributed by atoms with Crippen LogP contribution < -0.4 is 4.74 Å². The van der Waals surface area contributed by atoms with Crippen LogP contribution >= 0.6 is 11.8 Å². The fourth-order valence-electron chi connectivity index (χ4n) is 2.67.